The highest BCUT2D eigenvalue weighted by Gasteiger charge is 2.28. The third-order valence-electron chi connectivity index (χ3n) is 4.79. The van der Waals surface area contributed by atoms with Gasteiger partial charge in [-0.3, -0.25) is 4.90 Å². The summed E-state index contributed by atoms with van der Waals surface area (Å²) in [7, 11) is 0. The van der Waals surface area contributed by atoms with Crippen molar-refractivity contribution in [2.45, 2.75) is 25.9 Å². The van der Waals surface area contributed by atoms with Gasteiger partial charge in [0.2, 0.25) is 0 Å². The lowest BCUT2D eigenvalue weighted by Crippen LogP contribution is -2.56. The molecule has 0 radical (unpaired) electrons. The normalized spacial score (nSPS) is 25.5. The Kier molecular flexibility index (Phi) is 5.51. The van der Waals surface area contributed by atoms with Crippen molar-refractivity contribution in [3.63, 3.8) is 0 Å². The zero-order valence-corrected chi connectivity index (χ0v) is 13.9. The molecule has 0 saturated carbocycles. The van der Waals surface area contributed by atoms with Gasteiger partial charge in [0.1, 0.15) is 0 Å². The van der Waals surface area contributed by atoms with Gasteiger partial charge in [0.15, 0.2) is 0 Å². The first-order valence-electron chi connectivity index (χ1n) is 8.61. The second kappa shape index (κ2) is 7.79. The number of ether oxygens (including phenoxy) is 1. The highest BCUT2D eigenvalue weighted by Crippen LogP contribution is 2.14. The molecular weight excluding hydrogens is 290 g/mol. The number of carbonyl (C=O) groups is 1. The van der Waals surface area contributed by atoms with Crippen molar-refractivity contribution in [2.24, 2.45) is 5.92 Å². The van der Waals surface area contributed by atoms with Gasteiger partial charge in [0, 0.05) is 51.3 Å². The summed E-state index contributed by atoms with van der Waals surface area (Å²) < 4.78 is 5.36. The third-order valence-corrected chi connectivity index (χ3v) is 4.79. The molecule has 0 aliphatic carbocycles. The summed E-state index contributed by atoms with van der Waals surface area (Å²) in [6.07, 6.45) is 1.06. The minimum absolute atomic E-state index is 0.0729. The maximum Gasteiger partial charge on any atom is 0.317 e. The van der Waals surface area contributed by atoms with E-state index in [2.05, 4.69) is 41.4 Å². The molecule has 23 heavy (non-hydrogen) atoms. The van der Waals surface area contributed by atoms with Crippen LogP contribution in [0.4, 0.5) is 4.79 Å². The molecule has 0 spiro atoms. The minimum atomic E-state index is 0.0729. The Hall–Kier alpha value is -1.59. The number of hydrogen-bond donors (Lipinski definition) is 1. The van der Waals surface area contributed by atoms with Gasteiger partial charge in [-0.25, -0.2) is 4.79 Å². The van der Waals surface area contributed by atoms with Gasteiger partial charge in [-0.05, 0) is 18.9 Å². The number of hydrogen-bond acceptors (Lipinski definition) is 3. The lowest BCUT2D eigenvalue weighted by atomic mass is 10.1. The van der Waals surface area contributed by atoms with Crippen molar-refractivity contribution < 1.29 is 9.53 Å². The maximum atomic E-state index is 12.4. The third kappa shape index (κ3) is 4.45. The largest absolute Gasteiger partial charge is 0.381 e. The number of rotatable bonds is 4. The molecule has 1 aromatic rings. The van der Waals surface area contributed by atoms with Gasteiger partial charge in [0.05, 0.1) is 6.61 Å². The predicted molar refractivity (Wildman–Crippen MR) is 90.2 cm³/mol. The number of nitrogens with zero attached hydrogens (tertiary/aromatic N) is 2. The number of benzene rings is 1. The standard InChI is InChI=1S/C18H27N3O2/c1-15-12-20(13-16-5-3-2-4-6-16)8-9-21(15)18(22)19-11-17-7-10-23-14-17/h2-6,15,17H,7-14H2,1H3,(H,19,22)/t15-,17+/m1/s1. The van der Waals surface area contributed by atoms with E-state index in [9.17, 15) is 4.79 Å². The van der Waals surface area contributed by atoms with Crippen molar-refractivity contribution in [1.82, 2.24) is 15.1 Å². The molecule has 2 heterocycles. The van der Waals surface area contributed by atoms with Crippen LogP contribution in [0.1, 0.15) is 18.9 Å². The lowest BCUT2D eigenvalue weighted by Gasteiger charge is -2.40. The van der Waals surface area contributed by atoms with Crippen molar-refractivity contribution in [3.8, 4) is 0 Å². The second-order valence-corrected chi connectivity index (χ2v) is 6.68. The van der Waals surface area contributed by atoms with Crippen LogP contribution >= 0.6 is 0 Å². The molecule has 2 saturated heterocycles. The molecule has 2 aliphatic rings. The molecule has 126 valence electrons. The van der Waals surface area contributed by atoms with Gasteiger partial charge >= 0.3 is 6.03 Å². The van der Waals surface area contributed by atoms with E-state index in [4.69, 9.17) is 4.74 Å². The van der Waals surface area contributed by atoms with Crippen LogP contribution in [-0.4, -0.2) is 61.3 Å². The number of nitrogens with one attached hydrogen (secondary N) is 1. The van der Waals surface area contributed by atoms with Crippen LogP contribution < -0.4 is 5.32 Å². The topological polar surface area (TPSA) is 44.8 Å². The summed E-state index contributed by atoms with van der Waals surface area (Å²) in [4.78, 5) is 16.8. The SMILES string of the molecule is C[C@@H]1CN(Cc2ccccc2)CCN1C(=O)NC[C@@H]1CCOC1. The summed E-state index contributed by atoms with van der Waals surface area (Å²) in [6.45, 7) is 8.08. The van der Waals surface area contributed by atoms with Crippen molar-refractivity contribution >= 4 is 6.03 Å². The Morgan fingerprint density at radius 2 is 2.13 bits per heavy atom. The molecule has 2 aliphatic heterocycles. The molecule has 2 amide bonds. The quantitative estimate of drug-likeness (QED) is 0.923. The highest BCUT2D eigenvalue weighted by molar-refractivity contribution is 5.74. The van der Waals surface area contributed by atoms with Crippen LogP contribution in [0.15, 0.2) is 30.3 Å². The Balaban J connectivity index is 1.45. The van der Waals surface area contributed by atoms with Crippen LogP contribution in [-0.2, 0) is 11.3 Å². The summed E-state index contributed by atoms with van der Waals surface area (Å²) in [6, 6.07) is 10.8. The molecule has 0 bridgehead atoms. The van der Waals surface area contributed by atoms with E-state index in [0.29, 0.717) is 5.92 Å². The summed E-state index contributed by atoms with van der Waals surface area (Å²) >= 11 is 0. The fraction of sp³-hybridized carbons (Fsp3) is 0.611. The molecule has 0 unspecified atom stereocenters. The molecule has 2 fully saturated rings. The molecule has 5 heteroatoms. The zero-order valence-electron chi connectivity index (χ0n) is 13.9. The minimum Gasteiger partial charge on any atom is -0.381 e. The average molecular weight is 317 g/mol. The number of amides is 2. The Morgan fingerprint density at radius 3 is 2.83 bits per heavy atom. The first-order chi connectivity index (χ1) is 11.2. The molecular formula is C18H27N3O2. The van der Waals surface area contributed by atoms with Gasteiger partial charge in [-0.2, -0.15) is 0 Å². The first kappa shape index (κ1) is 16.3. The van der Waals surface area contributed by atoms with Crippen LogP contribution in [0.3, 0.4) is 0 Å². The highest BCUT2D eigenvalue weighted by atomic mass is 16.5. The monoisotopic (exact) mass is 317 g/mol. The molecule has 3 rings (SSSR count). The predicted octanol–water partition coefficient (Wildman–Crippen LogP) is 1.94. The molecule has 2 atom stereocenters. The first-order valence-corrected chi connectivity index (χ1v) is 8.61. The number of urea groups is 1. The van der Waals surface area contributed by atoms with Gasteiger partial charge in [-0.15, -0.1) is 0 Å². The Labute approximate surface area is 138 Å². The fourth-order valence-electron chi connectivity index (χ4n) is 3.40. The van der Waals surface area contributed by atoms with Crippen molar-refractivity contribution in [2.75, 3.05) is 39.4 Å². The van der Waals surface area contributed by atoms with Crippen LogP contribution in [0.5, 0.6) is 0 Å². The fourth-order valence-corrected chi connectivity index (χ4v) is 3.40. The van der Waals surface area contributed by atoms with E-state index in [0.717, 1.165) is 52.4 Å². The van der Waals surface area contributed by atoms with Gasteiger partial charge in [0.25, 0.3) is 0 Å². The summed E-state index contributed by atoms with van der Waals surface area (Å²) in [5.74, 6) is 0.480. The summed E-state index contributed by atoms with van der Waals surface area (Å²) in [5, 5.41) is 3.08. The number of carbonyl (C=O) groups excluding carboxylic acids is 1. The molecule has 5 nitrogen and oxygen atoms in total. The smallest absolute Gasteiger partial charge is 0.317 e. The molecule has 1 aromatic carbocycles. The van der Waals surface area contributed by atoms with Crippen molar-refractivity contribution in [3.05, 3.63) is 35.9 Å². The Morgan fingerprint density at radius 1 is 1.30 bits per heavy atom. The van der Waals surface area contributed by atoms with E-state index in [-0.39, 0.29) is 12.1 Å². The summed E-state index contributed by atoms with van der Waals surface area (Å²) in [5.41, 5.74) is 1.33. The van der Waals surface area contributed by atoms with Crippen molar-refractivity contribution in [1.29, 1.82) is 0 Å². The van der Waals surface area contributed by atoms with Gasteiger partial charge < -0.3 is 15.0 Å². The number of piperazine rings is 1. The Bertz CT molecular complexity index is 502. The van der Waals surface area contributed by atoms with E-state index >= 15 is 0 Å². The lowest BCUT2D eigenvalue weighted by molar-refractivity contribution is 0.0967. The molecule has 0 aromatic heterocycles. The second-order valence-electron chi connectivity index (χ2n) is 6.68. The van der Waals surface area contributed by atoms with E-state index < -0.39 is 0 Å². The van der Waals surface area contributed by atoms with E-state index in [1.54, 1.807) is 0 Å². The van der Waals surface area contributed by atoms with E-state index in [1.807, 2.05) is 11.0 Å². The van der Waals surface area contributed by atoms with Crippen LogP contribution in [0.25, 0.3) is 0 Å². The zero-order chi connectivity index (χ0) is 16.1. The maximum absolute atomic E-state index is 12.4. The van der Waals surface area contributed by atoms with Crippen LogP contribution in [0.2, 0.25) is 0 Å². The van der Waals surface area contributed by atoms with Crippen LogP contribution in [0, 0.1) is 5.92 Å². The average Bonchev–Trinajstić information content (AvgIpc) is 3.07. The van der Waals surface area contributed by atoms with E-state index in [1.165, 1.54) is 5.56 Å². The molecule has 1 N–H and O–H groups in total. The van der Waals surface area contributed by atoms with Gasteiger partial charge in [-0.1, -0.05) is 30.3 Å².